The summed E-state index contributed by atoms with van der Waals surface area (Å²) in [4.78, 5) is 86.4. The average molecular weight is 2090 g/mol. The zero-order valence-electron chi connectivity index (χ0n) is 83.2. The molecule has 6 heterocycles. The fourth-order valence-electron chi connectivity index (χ4n) is 20.9. The van der Waals surface area contributed by atoms with Crippen molar-refractivity contribution in [3.05, 3.63) is 317 Å². The smallest absolute Gasteiger partial charge is 0.368 e. The van der Waals surface area contributed by atoms with E-state index in [9.17, 15) is 103 Å². The number of amides is 5. The maximum Gasteiger partial charge on any atom is 0.418 e. The topological polar surface area (TPSA) is 131 Å². The molecule has 0 bridgehead atoms. The second-order valence-corrected chi connectivity index (χ2v) is 41.0. The van der Waals surface area contributed by atoms with Gasteiger partial charge in [-0.2, -0.15) is 79.0 Å². The molecular weight excluding hydrogens is 1970 g/mol. The van der Waals surface area contributed by atoms with E-state index in [1.165, 1.54) is 86.8 Å². The van der Waals surface area contributed by atoms with Crippen LogP contribution in [0.2, 0.25) is 5.02 Å². The van der Waals surface area contributed by atoms with Gasteiger partial charge in [0.1, 0.15) is 0 Å². The maximum absolute atomic E-state index is 13.4. The molecule has 1 aromatic heterocycles. The van der Waals surface area contributed by atoms with Gasteiger partial charge in [0.15, 0.2) is 0 Å². The van der Waals surface area contributed by atoms with Gasteiger partial charge in [-0.1, -0.05) is 155 Å². The van der Waals surface area contributed by atoms with Crippen molar-refractivity contribution in [2.75, 3.05) is 155 Å². The van der Waals surface area contributed by atoms with Gasteiger partial charge >= 0.3 is 37.1 Å². The quantitative estimate of drug-likeness (QED) is 0.0909. The first-order chi connectivity index (χ1) is 69.9. The predicted octanol–water partition coefficient (Wildman–Crippen LogP) is 24.3. The van der Waals surface area contributed by atoms with Gasteiger partial charge in [-0.25, -0.2) is 0 Å². The minimum absolute atomic E-state index is 0.00125. The van der Waals surface area contributed by atoms with Gasteiger partial charge in [-0.15, -0.1) is 0 Å². The lowest BCUT2D eigenvalue weighted by Gasteiger charge is -2.37. The molecule has 5 aliphatic heterocycles. The number of rotatable bonds is 15. The van der Waals surface area contributed by atoms with Gasteiger partial charge in [0.25, 0.3) is 0 Å². The normalized spacial score (nSPS) is 21.9. The van der Waals surface area contributed by atoms with Crippen molar-refractivity contribution in [3.63, 3.8) is 0 Å². The Morgan fingerprint density at radius 2 is 0.500 bits per heavy atom. The minimum atomic E-state index is -4.78. The maximum atomic E-state index is 13.4. The highest BCUT2D eigenvalue weighted by Gasteiger charge is 2.53. The first kappa shape index (κ1) is 108. The largest absolute Gasteiger partial charge is 0.418 e. The third-order valence-corrected chi connectivity index (χ3v) is 30.3. The van der Waals surface area contributed by atoms with E-state index in [2.05, 4.69) is 66.5 Å². The lowest BCUT2D eigenvalue weighted by Crippen LogP contribution is -2.49. The molecule has 9 aromatic carbocycles. The van der Waals surface area contributed by atoms with Crippen molar-refractivity contribution in [2.45, 2.75) is 154 Å². The molecule has 0 N–H and O–H groups in total. The summed E-state index contributed by atoms with van der Waals surface area (Å²) in [7, 11) is 0. The highest BCUT2D eigenvalue weighted by molar-refractivity contribution is 6.31. The van der Waals surface area contributed by atoms with Crippen molar-refractivity contribution < 1.29 is 103 Å². The van der Waals surface area contributed by atoms with Crippen molar-refractivity contribution in [2.24, 2.45) is 29.6 Å². The molecule has 10 aliphatic rings. The summed E-state index contributed by atoms with van der Waals surface area (Å²) in [5.41, 5.74) is 10.5. The number of alkyl halides is 18. The van der Waals surface area contributed by atoms with E-state index in [1.807, 2.05) is 139 Å². The third kappa shape index (κ3) is 26.3. The fourth-order valence-corrected chi connectivity index (χ4v) is 21.1. The van der Waals surface area contributed by atoms with Gasteiger partial charge in [-0.05, 0) is 240 Å². The molecule has 10 fully saturated rings. The first-order valence-corrected chi connectivity index (χ1v) is 50.3. The summed E-state index contributed by atoms with van der Waals surface area (Å²) >= 11 is 5.94. The Labute approximate surface area is 854 Å². The number of carbonyl (C=O) groups excluding carboxylic acids is 5. The third-order valence-electron chi connectivity index (χ3n) is 30.0. The van der Waals surface area contributed by atoms with Gasteiger partial charge < -0.3 is 49.0 Å². The van der Waals surface area contributed by atoms with Gasteiger partial charge in [0.05, 0.1) is 39.1 Å². The van der Waals surface area contributed by atoms with Crippen LogP contribution >= 0.6 is 11.6 Å². The molecule has 5 saturated carbocycles. The van der Waals surface area contributed by atoms with E-state index in [-0.39, 0.29) is 114 Å². The lowest BCUT2D eigenvalue weighted by molar-refractivity contribution is -0.141. The Morgan fingerprint density at radius 3 is 0.770 bits per heavy atom. The van der Waals surface area contributed by atoms with Crippen LogP contribution in [0.4, 0.5) is 107 Å². The molecule has 10 aromatic rings. The molecule has 5 amide bonds. The standard InChI is InChI=1S/C23H22F6N2O.2C23H25F3N2O.C22H22ClF3N2O.C22H24F3N3O/c1-14-2-4-15(5-3-14)17-13-18(17)21(32)31-10-8-30(9-11-31)20-12-16(22(24,25)26)6-7-19(20)23(27,28)29;1-15-3-6-17(7-4-15)19-14-20(19)22(29)28-11-9-27(10-12-28)21-13-18(23(24,25)26)8-5-16(21)2;1-15-4-3-5-17(12-15)19-14-20(19)22(29)28-10-8-27(9-11-28)21-13-18(23(24,25)26)7-6-16(21)2;1-14-3-2-4-15(11-14)17-13-18(17)21(29)28-9-7-27(8-10-28)20-12-16(23)5-6-19(20)22(24,25)26;1-14-3-6-17(22(23,24)25)11-20(14)27-7-9-28(10-8-27)21(29)19-12-18(19)16-5-4-15(2)26-13-16/h2-7,12,17-18H,8-11,13H2,1H3;3-8,13,19-20H,9-12,14H2,1-2H3;3-7,12-13,19-20H,8-11,14H2,1-2H3;2-6,11-12,17-18H,7-10,13H2,1H3;3-6,11,13,18-19H,7-10,12H2,1-2H3/t17-,18-;2*19-,20-;17-,18-;18-,19-/m10111/s1. The summed E-state index contributed by atoms with van der Waals surface area (Å²) < 4.78 is 237. The summed E-state index contributed by atoms with van der Waals surface area (Å²) in [6, 6.07) is 53.5. The molecule has 0 unspecified atom stereocenters. The van der Waals surface area contributed by atoms with Crippen LogP contribution in [0.3, 0.4) is 0 Å². The summed E-state index contributed by atoms with van der Waals surface area (Å²) in [5, 5.41) is 0.269. The van der Waals surface area contributed by atoms with Crippen LogP contribution in [0.25, 0.3) is 0 Å². The van der Waals surface area contributed by atoms with Crippen molar-refractivity contribution in [1.29, 1.82) is 0 Å². The number of anilines is 5. The molecule has 10 atom stereocenters. The van der Waals surface area contributed by atoms with Crippen LogP contribution in [-0.2, 0) is 61.0 Å². The zero-order valence-corrected chi connectivity index (χ0v) is 84.0. The monoisotopic (exact) mass is 2090 g/mol. The van der Waals surface area contributed by atoms with Crippen molar-refractivity contribution in [3.8, 4) is 0 Å². The highest BCUT2D eigenvalue weighted by Crippen LogP contribution is 2.55. The SMILES string of the molecule is Cc1ccc([C@@H]2C[C@@H]2C(=O)N2CCN(c3cc(C(F)(F)F)ccc3C)CC2)cc1.Cc1ccc([C@H]2C[C@H]2C(=O)N2CCN(c3cc(C(F)(F)F)ccc3C(F)(F)F)CC2)cc1.Cc1ccc([C@H]2C[C@H]2C(=O)N2CCN(c3cc(C(F)(F)F)ccc3C)CC2)cn1.Cc1cccc([C@H]2C[C@H]2C(=O)N2CCN(c3cc(C(F)(F)F)ccc3C)CC2)c1.Cc1cccc([C@H]2C[C@H]2C(=O)N2CCN(c3cc(Cl)ccc3C(F)(F)F)CC2)c1. The van der Waals surface area contributed by atoms with Gasteiger partial charge in [0.2, 0.25) is 29.5 Å². The van der Waals surface area contributed by atoms with E-state index in [0.29, 0.717) is 152 Å². The molecule has 20 rings (SSSR count). The van der Waals surface area contributed by atoms with Crippen LogP contribution in [0.5, 0.6) is 0 Å². The predicted molar refractivity (Wildman–Crippen MR) is 533 cm³/mol. The van der Waals surface area contributed by atoms with Gasteiger partial charge in [-0.3, -0.25) is 29.0 Å². The number of piperazine rings is 5. The molecule has 0 radical (unpaired) electrons. The Balaban J connectivity index is 0.000000132. The number of hydrogen-bond acceptors (Lipinski definition) is 11. The molecule has 148 heavy (non-hydrogen) atoms. The summed E-state index contributed by atoms with van der Waals surface area (Å²) in [6.45, 7) is 24.0. The lowest BCUT2D eigenvalue weighted by atomic mass is 10.1. The number of carbonyl (C=O) groups is 5. The molecule has 0 spiro atoms. The van der Waals surface area contributed by atoms with Crippen LogP contribution in [-0.4, -0.2) is 190 Å². The molecule has 5 aliphatic carbocycles. The Kier molecular flexibility index (Phi) is 32.2. The zero-order chi connectivity index (χ0) is 106. The van der Waals surface area contributed by atoms with E-state index >= 15 is 0 Å². The molecule has 16 nitrogen and oxygen atoms in total. The van der Waals surface area contributed by atoms with Crippen LogP contribution in [0, 0.1) is 85.0 Å². The molecular formula is C113H118ClF18N11O5. The number of aromatic nitrogens is 1. The number of pyridine rings is 1. The fraction of sp³-hybridized carbons (Fsp3) is 0.434. The Hall–Kier alpha value is -12.5. The highest BCUT2D eigenvalue weighted by atomic mass is 35.5. The summed E-state index contributed by atoms with van der Waals surface area (Å²) in [5.74, 6) is 1.71. The molecule has 35 heteroatoms. The van der Waals surface area contributed by atoms with E-state index < -0.39 is 76.1 Å². The number of halogens is 19. The minimum Gasteiger partial charge on any atom is -0.368 e. The summed E-state index contributed by atoms with van der Waals surface area (Å²) in [6.07, 6.45) is -21.0. The Bertz CT molecular complexity index is 6270. The number of benzene rings is 9. The second kappa shape index (κ2) is 44.0. The van der Waals surface area contributed by atoms with Crippen LogP contribution in [0.15, 0.2) is 206 Å². The number of nitrogens with zero attached hydrogens (tertiary/aromatic N) is 11. The first-order valence-electron chi connectivity index (χ1n) is 50.0. The number of hydrogen-bond donors (Lipinski definition) is 0. The Morgan fingerprint density at radius 1 is 0.250 bits per heavy atom. The van der Waals surface area contributed by atoms with Crippen molar-refractivity contribution >= 4 is 69.6 Å². The van der Waals surface area contributed by atoms with Gasteiger partial charge in [0, 0.05) is 200 Å². The molecule has 788 valence electrons. The van der Waals surface area contributed by atoms with Crippen molar-refractivity contribution in [1.82, 2.24) is 29.5 Å². The number of aryl methyl sites for hydroxylation is 8. The van der Waals surface area contributed by atoms with Crippen LogP contribution < -0.4 is 24.5 Å². The van der Waals surface area contributed by atoms with E-state index in [0.717, 1.165) is 95.4 Å². The second-order valence-electron chi connectivity index (χ2n) is 40.6. The van der Waals surface area contributed by atoms with E-state index in [4.69, 9.17) is 11.6 Å². The van der Waals surface area contributed by atoms with Crippen LogP contribution in [0.1, 0.15) is 168 Å². The average Bonchev–Trinajstić information content (AvgIpc) is 1.59. The van der Waals surface area contributed by atoms with E-state index in [1.54, 1.807) is 14.7 Å². The molecule has 5 saturated heterocycles.